The summed E-state index contributed by atoms with van der Waals surface area (Å²) < 4.78 is 26.3. The molecule has 8 heteroatoms. The van der Waals surface area contributed by atoms with Gasteiger partial charge >= 0.3 is 0 Å². The Balaban J connectivity index is 1.51. The number of quaternary nitrogens is 1. The van der Waals surface area contributed by atoms with Crippen LogP contribution in [-0.2, 0) is 14.8 Å². The highest BCUT2D eigenvalue weighted by Crippen LogP contribution is 2.20. The fraction of sp³-hybridized carbons (Fsp3) is 0.706. The topological polar surface area (TPSA) is 62.1 Å². The maximum absolute atomic E-state index is 12.5. The molecule has 1 aromatic heterocycles. The average Bonchev–Trinajstić information content (AvgIpc) is 3.18. The summed E-state index contributed by atoms with van der Waals surface area (Å²) in [7, 11) is -2.08. The number of hydrogen-bond acceptors (Lipinski definition) is 4. The molecule has 3 rings (SSSR count). The van der Waals surface area contributed by atoms with Gasteiger partial charge in [-0.25, -0.2) is 8.42 Å². The number of nitrogens with one attached hydrogen (secondary N) is 1. The second kappa shape index (κ2) is 8.16. The first-order chi connectivity index (χ1) is 12.0. The van der Waals surface area contributed by atoms with Crippen molar-refractivity contribution in [1.82, 2.24) is 9.21 Å². The Labute approximate surface area is 154 Å². The van der Waals surface area contributed by atoms with Gasteiger partial charge in [0.15, 0.2) is 0 Å². The molecule has 0 unspecified atom stereocenters. The van der Waals surface area contributed by atoms with E-state index in [4.69, 9.17) is 0 Å². The summed E-state index contributed by atoms with van der Waals surface area (Å²) in [5, 5.41) is 1.73. The first kappa shape index (κ1) is 18.8. The van der Waals surface area contributed by atoms with Crippen molar-refractivity contribution < 1.29 is 18.1 Å². The minimum absolute atomic E-state index is 0.0843. The number of likely N-dealkylation sites (N-methyl/N-ethyl adjacent to an activating group) is 1. The van der Waals surface area contributed by atoms with Crippen molar-refractivity contribution in [1.29, 1.82) is 0 Å². The van der Waals surface area contributed by atoms with Crippen LogP contribution >= 0.6 is 11.3 Å². The van der Waals surface area contributed by atoms with Gasteiger partial charge in [-0.05, 0) is 37.1 Å². The Bertz CT molecular complexity index is 661. The standard InChI is InChI=1S/C17H27N3O3S2/c1-18(25(22,23)17-8-5-13-24-17)14-16(21)20-11-9-19(10-12-20)15-6-3-2-4-7-15/h5,8,13,15H,2-4,6-7,9-12,14H2,1H3/p+1. The predicted molar refractivity (Wildman–Crippen MR) is 98.3 cm³/mol. The van der Waals surface area contributed by atoms with Gasteiger partial charge in [-0.15, -0.1) is 11.3 Å². The SMILES string of the molecule is CN(CC(=O)N1CC[NH+](C2CCCCC2)CC1)S(=O)(=O)c1cccs1. The number of piperazine rings is 1. The van der Waals surface area contributed by atoms with E-state index in [0.29, 0.717) is 0 Å². The van der Waals surface area contributed by atoms with Crippen LogP contribution in [0.2, 0.25) is 0 Å². The van der Waals surface area contributed by atoms with E-state index < -0.39 is 10.0 Å². The van der Waals surface area contributed by atoms with E-state index in [0.717, 1.165) is 32.2 Å². The van der Waals surface area contributed by atoms with E-state index in [1.807, 2.05) is 4.90 Å². The third-order valence-electron chi connectivity index (χ3n) is 5.46. The van der Waals surface area contributed by atoms with Crippen LogP contribution in [0, 0.1) is 0 Å². The zero-order chi connectivity index (χ0) is 17.9. The number of carbonyl (C=O) groups is 1. The fourth-order valence-electron chi connectivity index (χ4n) is 3.90. The Kier molecular flexibility index (Phi) is 6.14. The summed E-state index contributed by atoms with van der Waals surface area (Å²) in [6.07, 6.45) is 6.65. The third kappa shape index (κ3) is 4.42. The van der Waals surface area contributed by atoms with Crippen LogP contribution in [0.1, 0.15) is 32.1 Å². The van der Waals surface area contributed by atoms with Crippen LogP contribution in [0.4, 0.5) is 0 Å². The van der Waals surface area contributed by atoms with E-state index in [2.05, 4.69) is 0 Å². The summed E-state index contributed by atoms with van der Waals surface area (Å²) in [4.78, 5) is 16.0. The van der Waals surface area contributed by atoms with Gasteiger partial charge < -0.3 is 9.80 Å². The molecule has 1 aliphatic carbocycles. The maximum Gasteiger partial charge on any atom is 0.252 e. The predicted octanol–water partition coefficient (Wildman–Crippen LogP) is 0.428. The highest BCUT2D eigenvalue weighted by atomic mass is 32.2. The van der Waals surface area contributed by atoms with Crippen molar-refractivity contribution in [3.63, 3.8) is 0 Å². The van der Waals surface area contributed by atoms with E-state index in [-0.39, 0.29) is 16.7 Å². The monoisotopic (exact) mass is 386 g/mol. The molecule has 2 heterocycles. The Hall–Kier alpha value is -0.960. The van der Waals surface area contributed by atoms with Crippen LogP contribution < -0.4 is 4.90 Å². The maximum atomic E-state index is 12.5. The molecule has 1 aliphatic heterocycles. The van der Waals surface area contributed by atoms with Crippen LogP contribution in [0.3, 0.4) is 0 Å². The zero-order valence-electron chi connectivity index (χ0n) is 14.8. The molecule has 1 N–H and O–H groups in total. The van der Waals surface area contributed by atoms with Gasteiger partial charge in [0.2, 0.25) is 5.91 Å². The lowest BCUT2D eigenvalue weighted by molar-refractivity contribution is -0.930. The lowest BCUT2D eigenvalue weighted by atomic mass is 9.94. The van der Waals surface area contributed by atoms with Crippen LogP contribution in [-0.4, -0.2) is 69.3 Å². The molecule has 1 saturated heterocycles. The van der Waals surface area contributed by atoms with Gasteiger partial charge in [-0.3, -0.25) is 4.79 Å². The fourth-order valence-corrected chi connectivity index (χ4v) is 6.22. The highest BCUT2D eigenvalue weighted by Gasteiger charge is 2.32. The Morgan fingerprint density at radius 1 is 1.28 bits per heavy atom. The van der Waals surface area contributed by atoms with Crippen molar-refractivity contribution in [2.24, 2.45) is 0 Å². The molecule has 1 amide bonds. The van der Waals surface area contributed by atoms with Gasteiger partial charge in [0.1, 0.15) is 4.21 Å². The van der Waals surface area contributed by atoms with Gasteiger partial charge in [-0.2, -0.15) is 4.31 Å². The molecule has 6 nitrogen and oxygen atoms in total. The quantitative estimate of drug-likeness (QED) is 0.798. The molecule has 1 aromatic rings. The number of hydrogen-bond donors (Lipinski definition) is 1. The van der Waals surface area contributed by atoms with E-state index in [1.54, 1.807) is 22.4 Å². The van der Waals surface area contributed by atoms with Gasteiger partial charge in [0.05, 0.1) is 38.8 Å². The zero-order valence-corrected chi connectivity index (χ0v) is 16.4. The Morgan fingerprint density at radius 2 is 1.96 bits per heavy atom. The largest absolute Gasteiger partial charge is 0.330 e. The molecule has 25 heavy (non-hydrogen) atoms. The van der Waals surface area contributed by atoms with Crippen molar-refractivity contribution in [2.75, 3.05) is 39.8 Å². The molecule has 0 atom stereocenters. The molecule has 0 aromatic carbocycles. The summed E-state index contributed by atoms with van der Waals surface area (Å²) in [5.41, 5.74) is 0. The molecular weight excluding hydrogens is 358 g/mol. The molecule has 0 bridgehead atoms. The average molecular weight is 387 g/mol. The Morgan fingerprint density at radius 3 is 2.56 bits per heavy atom. The third-order valence-corrected chi connectivity index (χ3v) is 8.63. The second-order valence-corrected chi connectivity index (χ2v) is 10.3. The lowest BCUT2D eigenvalue weighted by Crippen LogP contribution is -3.18. The minimum atomic E-state index is -3.56. The summed E-state index contributed by atoms with van der Waals surface area (Å²) in [5.74, 6) is -0.0923. The number of amides is 1. The molecule has 2 fully saturated rings. The number of carbonyl (C=O) groups excluding carboxylic acids is 1. The van der Waals surface area contributed by atoms with Gasteiger partial charge in [-0.1, -0.05) is 12.5 Å². The second-order valence-electron chi connectivity index (χ2n) is 7.07. The molecule has 140 valence electrons. The number of nitrogens with zero attached hydrogens (tertiary/aromatic N) is 2. The molecule has 0 spiro atoms. The summed E-state index contributed by atoms with van der Waals surface area (Å²) >= 11 is 1.18. The smallest absolute Gasteiger partial charge is 0.252 e. The summed E-state index contributed by atoms with van der Waals surface area (Å²) in [6, 6.07) is 4.04. The minimum Gasteiger partial charge on any atom is -0.330 e. The number of thiophene rings is 1. The normalized spacial score (nSPS) is 21.0. The number of sulfonamides is 1. The highest BCUT2D eigenvalue weighted by molar-refractivity contribution is 7.91. The molecule has 1 saturated carbocycles. The van der Waals surface area contributed by atoms with Gasteiger partial charge in [0.25, 0.3) is 10.0 Å². The first-order valence-electron chi connectivity index (χ1n) is 9.10. The van der Waals surface area contributed by atoms with E-state index >= 15 is 0 Å². The van der Waals surface area contributed by atoms with Crippen molar-refractivity contribution >= 4 is 27.3 Å². The molecule has 0 radical (unpaired) electrons. The van der Waals surface area contributed by atoms with Crippen molar-refractivity contribution in [2.45, 2.75) is 42.4 Å². The van der Waals surface area contributed by atoms with Crippen molar-refractivity contribution in [3.05, 3.63) is 17.5 Å². The lowest BCUT2D eigenvalue weighted by Gasteiger charge is -2.38. The van der Waals surface area contributed by atoms with E-state index in [1.165, 1.54) is 54.8 Å². The van der Waals surface area contributed by atoms with Crippen LogP contribution in [0.5, 0.6) is 0 Å². The van der Waals surface area contributed by atoms with Crippen LogP contribution in [0.15, 0.2) is 21.7 Å². The van der Waals surface area contributed by atoms with Crippen molar-refractivity contribution in [3.8, 4) is 0 Å². The van der Waals surface area contributed by atoms with Crippen LogP contribution in [0.25, 0.3) is 0 Å². The molecular formula is C17H28N3O3S2+. The number of rotatable bonds is 5. The summed E-state index contributed by atoms with van der Waals surface area (Å²) in [6.45, 7) is 3.35. The van der Waals surface area contributed by atoms with Gasteiger partial charge in [0, 0.05) is 7.05 Å². The van der Waals surface area contributed by atoms with E-state index in [9.17, 15) is 13.2 Å². The molecule has 2 aliphatic rings. The first-order valence-corrected chi connectivity index (χ1v) is 11.4.